The molecule has 0 aliphatic rings. The van der Waals surface area contributed by atoms with Gasteiger partial charge in [0, 0.05) is 12.4 Å². The lowest BCUT2D eigenvalue weighted by Crippen LogP contribution is -2.30. The highest BCUT2D eigenvalue weighted by atomic mass is 16.5. The fraction of sp³-hybridized carbons (Fsp3) is 0.250. The van der Waals surface area contributed by atoms with Crippen molar-refractivity contribution in [1.82, 2.24) is 9.78 Å². The number of phenols is 1. The molecule has 0 radical (unpaired) electrons. The SMILES string of the molecule is Cc1nn(C)c(C)c1NC(=O)[C@@H](C)OC(=O)c1ccc2ccccc2c1O. The zero-order chi connectivity index (χ0) is 19.7. The van der Waals surface area contributed by atoms with Gasteiger partial charge in [-0.15, -0.1) is 0 Å². The van der Waals surface area contributed by atoms with Crippen LogP contribution in [-0.2, 0) is 16.6 Å². The van der Waals surface area contributed by atoms with Crippen molar-refractivity contribution in [1.29, 1.82) is 0 Å². The molecule has 0 aliphatic heterocycles. The quantitative estimate of drug-likeness (QED) is 0.691. The van der Waals surface area contributed by atoms with Crippen molar-refractivity contribution in [2.75, 3.05) is 5.32 Å². The van der Waals surface area contributed by atoms with Gasteiger partial charge in [0.2, 0.25) is 0 Å². The Hall–Kier alpha value is -3.35. The van der Waals surface area contributed by atoms with E-state index >= 15 is 0 Å². The third-order valence-electron chi connectivity index (χ3n) is 4.53. The molecule has 0 aliphatic carbocycles. The molecule has 2 aromatic carbocycles. The number of rotatable bonds is 4. The molecule has 1 atom stereocenters. The number of aryl methyl sites for hydroxylation is 2. The maximum atomic E-state index is 12.4. The monoisotopic (exact) mass is 367 g/mol. The number of carbonyl (C=O) groups is 2. The molecule has 7 nitrogen and oxygen atoms in total. The van der Waals surface area contributed by atoms with Gasteiger partial charge in [0.05, 0.1) is 17.1 Å². The third kappa shape index (κ3) is 3.48. The highest BCUT2D eigenvalue weighted by Gasteiger charge is 2.23. The third-order valence-corrected chi connectivity index (χ3v) is 4.53. The molecule has 3 rings (SSSR count). The maximum Gasteiger partial charge on any atom is 0.342 e. The molecule has 1 amide bonds. The van der Waals surface area contributed by atoms with E-state index in [1.807, 2.05) is 19.1 Å². The van der Waals surface area contributed by atoms with Crippen molar-refractivity contribution in [3.8, 4) is 5.75 Å². The Morgan fingerprint density at radius 3 is 2.56 bits per heavy atom. The first-order valence-electron chi connectivity index (χ1n) is 8.52. The highest BCUT2D eigenvalue weighted by Crippen LogP contribution is 2.29. The molecule has 7 heteroatoms. The molecule has 0 bridgehead atoms. The lowest BCUT2D eigenvalue weighted by Gasteiger charge is -2.15. The number of aromatic hydroxyl groups is 1. The molecule has 3 aromatic rings. The number of aromatic nitrogens is 2. The Morgan fingerprint density at radius 1 is 1.19 bits per heavy atom. The number of nitrogens with zero attached hydrogens (tertiary/aromatic N) is 2. The van der Waals surface area contributed by atoms with E-state index in [9.17, 15) is 14.7 Å². The summed E-state index contributed by atoms with van der Waals surface area (Å²) in [5.74, 6) is -1.40. The first-order valence-corrected chi connectivity index (χ1v) is 8.52. The number of ether oxygens (including phenoxy) is 1. The van der Waals surface area contributed by atoms with E-state index in [4.69, 9.17) is 4.74 Å². The van der Waals surface area contributed by atoms with Crippen LogP contribution in [0.15, 0.2) is 36.4 Å². The highest BCUT2D eigenvalue weighted by molar-refractivity contribution is 6.03. The fourth-order valence-electron chi connectivity index (χ4n) is 2.88. The summed E-state index contributed by atoms with van der Waals surface area (Å²) in [6, 6.07) is 10.4. The van der Waals surface area contributed by atoms with E-state index in [-0.39, 0.29) is 11.3 Å². The van der Waals surface area contributed by atoms with E-state index in [2.05, 4.69) is 10.4 Å². The Bertz CT molecular complexity index is 1040. The first kappa shape index (κ1) is 18.4. The Kier molecular flexibility index (Phi) is 4.85. The molecule has 0 saturated heterocycles. The minimum atomic E-state index is -1.04. The number of amides is 1. The molecule has 2 N–H and O–H groups in total. The Labute approximate surface area is 156 Å². The van der Waals surface area contributed by atoms with Crippen molar-refractivity contribution >= 4 is 28.3 Å². The lowest BCUT2D eigenvalue weighted by atomic mass is 10.1. The van der Waals surface area contributed by atoms with Crippen molar-refractivity contribution < 1.29 is 19.4 Å². The van der Waals surface area contributed by atoms with Crippen LogP contribution in [0.1, 0.15) is 28.7 Å². The van der Waals surface area contributed by atoms with Gasteiger partial charge in [-0.25, -0.2) is 4.79 Å². The first-order chi connectivity index (χ1) is 12.8. The largest absolute Gasteiger partial charge is 0.506 e. The van der Waals surface area contributed by atoms with Gasteiger partial charge in [-0.2, -0.15) is 5.10 Å². The van der Waals surface area contributed by atoms with E-state index < -0.39 is 18.0 Å². The summed E-state index contributed by atoms with van der Waals surface area (Å²) in [4.78, 5) is 24.8. The standard InChI is InChI=1S/C20H21N3O4/c1-11-17(12(2)23(4)22-11)21-19(25)13(3)27-20(26)16-10-9-14-7-5-6-8-15(14)18(16)24/h5-10,13,24H,1-4H3,(H,21,25)/t13-/m1/s1. The smallest absolute Gasteiger partial charge is 0.342 e. The summed E-state index contributed by atoms with van der Waals surface area (Å²) in [6.45, 7) is 5.10. The fourth-order valence-corrected chi connectivity index (χ4v) is 2.88. The molecule has 0 spiro atoms. The van der Waals surface area contributed by atoms with Gasteiger partial charge in [0.1, 0.15) is 11.3 Å². The van der Waals surface area contributed by atoms with Crippen LogP contribution in [0.4, 0.5) is 5.69 Å². The normalized spacial score (nSPS) is 12.0. The van der Waals surface area contributed by atoms with E-state index in [0.29, 0.717) is 16.8 Å². The number of fused-ring (bicyclic) bond motifs is 1. The van der Waals surface area contributed by atoms with Crippen molar-refractivity contribution in [3.63, 3.8) is 0 Å². The Morgan fingerprint density at radius 2 is 1.89 bits per heavy atom. The van der Waals surface area contributed by atoms with Crippen molar-refractivity contribution in [2.45, 2.75) is 26.9 Å². The van der Waals surface area contributed by atoms with Gasteiger partial charge in [-0.05, 0) is 32.2 Å². The average Bonchev–Trinajstić information content (AvgIpc) is 2.88. The second-order valence-electron chi connectivity index (χ2n) is 6.39. The zero-order valence-corrected chi connectivity index (χ0v) is 15.6. The number of phenolic OH excluding ortho intramolecular Hbond substituents is 1. The molecule has 27 heavy (non-hydrogen) atoms. The molecule has 1 aromatic heterocycles. The van der Waals surface area contributed by atoms with Gasteiger partial charge < -0.3 is 15.2 Å². The molecular formula is C20H21N3O4. The summed E-state index contributed by atoms with van der Waals surface area (Å²) >= 11 is 0. The number of hydrogen-bond donors (Lipinski definition) is 2. The summed E-state index contributed by atoms with van der Waals surface area (Å²) in [5.41, 5.74) is 2.08. The summed E-state index contributed by atoms with van der Waals surface area (Å²) in [7, 11) is 1.78. The van der Waals surface area contributed by atoms with Crippen LogP contribution in [0, 0.1) is 13.8 Å². The molecule has 1 heterocycles. The van der Waals surface area contributed by atoms with E-state index in [1.165, 1.54) is 13.0 Å². The Balaban J connectivity index is 1.75. The molecular weight excluding hydrogens is 346 g/mol. The second kappa shape index (κ2) is 7.11. The van der Waals surface area contributed by atoms with Crippen LogP contribution >= 0.6 is 0 Å². The van der Waals surface area contributed by atoms with Gasteiger partial charge in [0.25, 0.3) is 5.91 Å². The molecule has 140 valence electrons. The van der Waals surface area contributed by atoms with Crippen LogP contribution < -0.4 is 5.32 Å². The van der Waals surface area contributed by atoms with Crippen molar-refractivity contribution in [2.24, 2.45) is 7.05 Å². The number of benzene rings is 2. The summed E-state index contributed by atoms with van der Waals surface area (Å²) < 4.78 is 6.91. The molecule has 0 fully saturated rings. The van der Waals surface area contributed by atoms with Crippen LogP contribution in [0.5, 0.6) is 5.75 Å². The minimum absolute atomic E-state index is 0.0158. The summed E-state index contributed by atoms with van der Waals surface area (Å²) in [5, 5.41) is 18.7. The van der Waals surface area contributed by atoms with E-state index in [0.717, 1.165) is 11.1 Å². The number of anilines is 1. The van der Waals surface area contributed by atoms with Crippen LogP contribution in [0.3, 0.4) is 0 Å². The average molecular weight is 367 g/mol. The second-order valence-corrected chi connectivity index (χ2v) is 6.39. The van der Waals surface area contributed by atoms with E-state index in [1.54, 1.807) is 36.9 Å². The molecule has 0 saturated carbocycles. The number of esters is 1. The van der Waals surface area contributed by atoms with Gasteiger partial charge >= 0.3 is 5.97 Å². The zero-order valence-electron chi connectivity index (χ0n) is 15.6. The van der Waals surface area contributed by atoms with Crippen LogP contribution in [0.25, 0.3) is 10.8 Å². The van der Waals surface area contributed by atoms with Crippen molar-refractivity contribution in [3.05, 3.63) is 53.3 Å². The lowest BCUT2D eigenvalue weighted by molar-refractivity contribution is -0.123. The van der Waals surface area contributed by atoms with Gasteiger partial charge in [0.15, 0.2) is 6.10 Å². The van der Waals surface area contributed by atoms with Gasteiger partial charge in [-0.1, -0.05) is 30.3 Å². The number of hydrogen-bond acceptors (Lipinski definition) is 5. The minimum Gasteiger partial charge on any atom is -0.506 e. The predicted molar refractivity (Wildman–Crippen MR) is 102 cm³/mol. The predicted octanol–water partition coefficient (Wildman–Crippen LogP) is 3.08. The van der Waals surface area contributed by atoms with Crippen LogP contribution in [-0.4, -0.2) is 32.9 Å². The number of carbonyl (C=O) groups excluding carboxylic acids is 2. The van der Waals surface area contributed by atoms with Gasteiger partial charge in [-0.3, -0.25) is 9.48 Å². The summed E-state index contributed by atoms with van der Waals surface area (Å²) in [6.07, 6.45) is -1.04. The topological polar surface area (TPSA) is 93.5 Å². The molecule has 0 unspecified atom stereocenters. The number of nitrogens with one attached hydrogen (secondary N) is 1. The van der Waals surface area contributed by atoms with Crippen LogP contribution in [0.2, 0.25) is 0 Å². The maximum absolute atomic E-state index is 12.4.